The summed E-state index contributed by atoms with van der Waals surface area (Å²) < 4.78 is 0. The van der Waals surface area contributed by atoms with Crippen molar-refractivity contribution in [2.45, 2.75) is 275 Å². The molecule has 542 valence electrons. The summed E-state index contributed by atoms with van der Waals surface area (Å²) in [4.78, 5) is 46.3. The number of nitrogens with zero attached hydrogens (tertiary/aromatic N) is 10. The standard InChI is InChI=1S/C19H24N2.C19H26N2.C18H23N3.C18H22N2.C18H24N2/c1-12(2)17-13(3)20-18(21-14(17)4)15-6-8-16(9-7-15)19(5)10-11-19;1-12(2)17-13(3)20-18(21-14(17)4)15-8-10-16(11-9-15)19(5,6)7;1-11(2)15-12(3)20-17(21-16(15)19)13-5-7-14(8-6-13)18(4)9-10-18;1-12(2)16-11-19-17(20-13(16)3)14-5-7-15(8-6-14)18(4)9-10-18;1-12(2)16-11-19-17(20-13(16)3)14-7-9-15(10-8-14)18(4,5)6/h6-9,12H,10-11H2,1-5H3;8-12H,1-7H3;5-8,11H,9-10H2,1-4H3,(H2,19,20,21);5-8,11-12H,9-10H2,1-4H3;7-12H,1-6H3. The average molecular weight is 1380 g/mol. The van der Waals surface area contributed by atoms with Gasteiger partial charge in [-0.2, -0.15) is 0 Å². The van der Waals surface area contributed by atoms with Gasteiger partial charge in [-0.05, 0) is 194 Å². The maximum atomic E-state index is 6.12. The van der Waals surface area contributed by atoms with Crippen molar-refractivity contribution in [3.05, 3.63) is 229 Å². The minimum absolute atomic E-state index is 0.173. The second-order valence-electron chi connectivity index (χ2n) is 34.0. The Bertz CT molecular complexity index is 4090. The van der Waals surface area contributed by atoms with Gasteiger partial charge in [-0.15, -0.1) is 0 Å². The van der Waals surface area contributed by atoms with Crippen LogP contribution in [0, 0.1) is 48.5 Å². The molecule has 11 heteroatoms. The van der Waals surface area contributed by atoms with E-state index in [-0.39, 0.29) is 10.8 Å². The van der Waals surface area contributed by atoms with Gasteiger partial charge in [0, 0.05) is 85.6 Å². The monoisotopic (exact) mass is 1380 g/mol. The van der Waals surface area contributed by atoms with E-state index in [1.165, 1.54) is 88.6 Å². The molecule has 5 heterocycles. The molecule has 5 aromatic carbocycles. The third-order valence-electron chi connectivity index (χ3n) is 21.4. The summed E-state index contributed by atoms with van der Waals surface area (Å²) in [7, 11) is 0. The molecule has 0 bridgehead atoms. The van der Waals surface area contributed by atoms with E-state index >= 15 is 0 Å². The molecule has 0 unspecified atom stereocenters. The Kier molecular flexibility index (Phi) is 24.2. The van der Waals surface area contributed by atoms with Crippen molar-refractivity contribution in [2.75, 3.05) is 5.73 Å². The highest BCUT2D eigenvalue weighted by molar-refractivity contribution is 5.62. The highest BCUT2D eigenvalue weighted by atomic mass is 15.0. The zero-order valence-electron chi connectivity index (χ0n) is 67.4. The predicted octanol–water partition coefficient (Wildman–Crippen LogP) is 23.8. The Labute approximate surface area is 619 Å². The van der Waals surface area contributed by atoms with Gasteiger partial charge in [0.2, 0.25) is 0 Å². The molecule has 0 amide bonds. The number of anilines is 1. The van der Waals surface area contributed by atoms with Crippen LogP contribution in [0.15, 0.2) is 134 Å². The van der Waals surface area contributed by atoms with Gasteiger partial charge in [-0.25, -0.2) is 49.8 Å². The van der Waals surface area contributed by atoms with Crippen LogP contribution in [0.25, 0.3) is 56.9 Å². The molecule has 0 spiro atoms. The molecule has 13 rings (SSSR count). The first-order valence-electron chi connectivity index (χ1n) is 37.9. The third kappa shape index (κ3) is 19.4. The van der Waals surface area contributed by atoms with Crippen molar-refractivity contribution >= 4 is 5.82 Å². The molecule has 3 aliphatic carbocycles. The Morgan fingerprint density at radius 1 is 0.291 bits per heavy atom. The number of rotatable bonds is 13. The molecule has 0 aliphatic heterocycles. The normalized spacial score (nSPS) is 14.6. The number of benzene rings is 5. The molecule has 3 fully saturated rings. The van der Waals surface area contributed by atoms with E-state index in [0.29, 0.717) is 51.7 Å². The first-order chi connectivity index (χ1) is 48.3. The molecular weight excluding hydrogens is 1260 g/mol. The number of nitrogens with two attached hydrogens (primary N) is 1. The maximum Gasteiger partial charge on any atom is 0.161 e. The second-order valence-corrected chi connectivity index (χ2v) is 34.0. The molecule has 5 aromatic heterocycles. The van der Waals surface area contributed by atoms with Crippen LogP contribution < -0.4 is 5.73 Å². The van der Waals surface area contributed by atoms with Gasteiger partial charge in [0.25, 0.3) is 0 Å². The van der Waals surface area contributed by atoms with Crippen molar-refractivity contribution < 1.29 is 0 Å². The van der Waals surface area contributed by atoms with E-state index in [4.69, 9.17) is 25.7 Å². The molecule has 10 aromatic rings. The zero-order valence-corrected chi connectivity index (χ0v) is 67.4. The average Bonchev–Trinajstić information content (AvgIpc) is 1.72. The number of aryl methyl sites for hydroxylation is 7. The maximum absolute atomic E-state index is 6.12. The SMILES string of the molecule is Cc1nc(-c2ccc(C(C)(C)C)cc2)nc(C)c1C(C)C.Cc1nc(-c2ccc(C(C)(C)C)cc2)ncc1C(C)C.Cc1nc(-c2ccc(C3(C)CC3)cc2)nc(C)c1C(C)C.Cc1nc(-c2ccc(C3(C)CC3)cc2)nc(N)c1C(C)C.Cc1nc(-c2ccc(C3(C)CC3)cc2)ncc1C(C)C. The summed E-state index contributed by atoms with van der Waals surface area (Å²) >= 11 is 0. The van der Waals surface area contributed by atoms with Crippen LogP contribution in [0.2, 0.25) is 0 Å². The lowest BCUT2D eigenvalue weighted by atomic mass is 9.86. The molecular formula is C92H119N11. The van der Waals surface area contributed by atoms with Crippen molar-refractivity contribution in [1.82, 2.24) is 49.8 Å². The second kappa shape index (κ2) is 31.7. The minimum atomic E-state index is 0.173. The number of aromatic nitrogens is 10. The zero-order chi connectivity index (χ0) is 75.4. The fourth-order valence-electron chi connectivity index (χ4n) is 13.9. The molecule has 103 heavy (non-hydrogen) atoms. The molecule has 11 nitrogen and oxygen atoms in total. The van der Waals surface area contributed by atoms with Gasteiger partial charge in [0.1, 0.15) is 5.82 Å². The first-order valence-corrected chi connectivity index (χ1v) is 37.9. The Hall–Kier alpha value is -8.70. The van der Waals surface area contributed by atoms with E-state index in [9.17, 15) is 0 Å². The van der Waals surface area contributed by atoms with Crippen LogP contribution >= 0.6 is 0 Å². The molecule has 3 saturated carbocycles. The lowest BCUT2D eigenvalue weighted by Crippen LogP contribution is -2.10. The highest BCUT2D eigenvalue weighted by Crippen LogP contribution is 2.50. The summed E-state index contributed by atoms with van der Waals surface area (Å²) in [5.41, 5.74) is 33.7. The molecule has 0 radical (unpaired) electrons. The molecule has 3 aliphatic rings. The first kappa shape index (κ1) is 78.4. The van der Waals surface area contributed by atoms with Crippen molar-refractivity contribution in [1.29, 1.82) is 0 Å². The largest absolute Gasteiger partial charge is 0.383 e. The van der Waals surface area contributed by atoms with Crippen LogP contribution in [-0.2, 0) is 27.1 Å². The Balaban J connectivity index is 0.000000150. The lowest BCUT2D eigenvalue weighted by molar-refractivity contribution is 0.590. The van der Waals surface area contributed by atoms with E-state index in [1.54, 1.807) is 0 Å². The third-order valence-corrected chi connectivity index (χ3v) is 21.4. The van der Waals surface area contributed by atoms with Gasteiger partial charge in [0.15, 0.2) is 29.1 Å². The summed E-state index contributed by atoms with van der Waals surface area (Å²) in [5, 5.41) is 0. The van der Waals surface area contributed by atoms with Gasteiger partial charge >= 0.3 is 0 Å². The van der Waals surface area contributed by atoms with Crippen molar-refractivity contribution in [3.63, 3.8) is 0 Å². The summed E-state index contributed by atoms with van der Waals surface area (Å²) in [6, 6.07) is 43.4. The van der Waals surface area contributed by atoms with Crippen LogP contribution in [0.5, 0.6) is 0 Å². The summed E-state index contributed by atoms with van der Waals surface area (Å²) in [6.45, 7) is 56.5. The highest BCUT2D eigenvalue weighted by Gasteiger charge is 2.40. The topological polar surface area (TPSA) is 155 Å². The van der Waals surface area contributed by atoms with Crippen LogP contribution in [0.4, 0.5) is 5.82 Å². The minimum Gasteiger partial charge on any atom is -0.383 e. The Morgan fingerprint density at radius 3 is 0.728 bits per heavy atom. The molecule has 2 N–H and O–H groups in total. The number of hydrogen-bond donors (Lipinski definition) is 1. The van der Waals surface area contributed by atoms with Crippen LogP contribution in [-0.4, -0.2) is 49.8 Å². The van der Waals surface area contributed by atoms with Gasteiger partial charge in [0.05, 0.1) is 0 Å². The molecule has 0 atom stereocenters. The fraction of sp³-hybridized carbons (Fsp3) is 0.457. The Morgan fingerprint density at radius 2 is 0.515 bits per heavy atom. The summed E-state index contributed by atoms with van der Waals surface area (Å²) in [6.07, 6.45) is 11.7. The predicted molar refractivity (Wildman–Crippen MR) is 433 cm³/mol. The van der Waals surface area contributed by atoms with E-state index in [0.717, 1.165) is 102 Å². The van der Waals surface area contributed by atoms with E-state index < -0.39 is 0 Å². The van der Waals surface area contributed by atoms with Crippen molar-refractivity contribution in [2.24, 2.45) is 0 Å². The van der Waals surface area contributed by atoms with Crippen LogP contribution in [0.1, 0.15) is 295 Å². The smallest absolute Gasteiger partial charge is 0.161 e. The van der Waals surface area contributed by atoms with Gasteiger partial charge in [-0.3, -0.25) is 0 Å². The van der Waals surface area contributed by atoms with Gasteiger partial charge < -0.3 is 5.73 Å². The van der Waals surface area contributed by atoms with Crippen LogP contribution in [0.3, 0.4) is 0 Å². The quantitative estimate of drug-likeness (QED) is 0.117. The van der Waals surface area contributed by atoms with E-state index in [2.05, 4.69) is 324 Å². The summed E-state index contributed by atoms with van der Waals surface area (Å²) in [5.74, 6) is 6.86. The molecule has 0 saturated heterocycles. The van der Waals surface area contributed by atoms with Crippen molar-refractivity contribution in [3.8, 4) is 56.9 Å². The van der Waals surface area contributed by atoms with Gasteiger partial charge in [-0.1, -0.05) is 253 Å². The lowest BCUT2D eigenvalue weighted by Gasteiger charge is -2.19. The fourth-order valence-corrected chi connectivity index (χ4v) is 13.9. The van der Waals surface area contributed by atoms with E-state index in [1.807, 2.05) is 19.3 Å². The number of hydrogen-bond acceptors (Lipinski definition) is 11. The number of nitrogen functional groups attached to an aromatic ring is 1.